The Morgan fingerprint density at radius 2 is 1.77 bits per heavy atom. The summed E-state index contributed by atoms with van der Waals surface area (Å²) < 4.78 is 6.37. The zero-order valence-electron chi connectivity index (χ0n) is 14.5. The number of hydrogen-bond donors (Lipinski definition) is 0. The number of nitrogens with zero attached hydrogens (tertiary/aromatic N) is 2. The maximum atomic E-state index is 6.37. The van der Waals surface area contributed by atoms with Gasteiger partial charge >= 0.3 is 0 Å². The third-order valence-electron chi connectivity index (χ3n) is 4.48. The summed E-state index contributed by atoms with van der Waals surface area (Å²) in [5, 5.41) is 0. The molecule has 1 aliphatic heterocycles. The van der Waals surface area contributed by atoms with Crippen LogP contribution in [-0.2, 0) is 11.2 Å². The molecule has 1 heterocycles. The molecular weight excluding hydrogens is 272 g/mol. The average molecular weight is 304 g/mol. The van der Waals surface area contributed by atoms with Gasteiger partial charge in [0, 0.05) is 32.7 Å². The van der Waals surface area contributed by atoms with Crippen LogP contribution in [-0.4, -0.2) is 61.8 Å². The fourth-order valence-electron chi connectivity index (χ4n) is 3.15. The van der Waals surface area contributed by atoms with Crippen molar-refractivity contribution in [2.24, 2.45) is 0 Å². The van der Waals surface area contributed by atoms with E-state index in [9.17, 15) is 0 Å². The Morgan fingerprint density at radius 1 is 1.09 bits per heavy atom. The average Bonchev–Trinajstić information content (AvgIpc) is 2.51. The maximum Gasteiger partial charge on any atom is 0.0745 e. The molecule has 3 heteroatoms. The molecule has 0 aliphatic carbocycles. The van der Waals surface area contributed by atoms with Gasteiger partial charge in [-0.05, 0) is 32.4 Å². The molecule has 1 saturated heterocycles. The van der Waals surface area contributed by atoms with Crippen molar-refractivity contribution in [2.45, 2.75) is 45.3 Å². The van der Waals surface area contributed by atoms with Gasteiger partial charge in [0.25, 0.3) is 0 Å². The summed E-state index contributed by atoms with van der Waals surface area (Å²) in [5.41, 5.74) is 1.38. The van der Waals surface area contributed by atoms with Crippen molar-refractivity contribution in [2.75, 3.05) is 39.8 Å². The van der Waals surface area contributed by atoms with E-state index in [1.165, 1.54) is 25.1 Å². The van der Waals surface area contributed by atoms with Crippen molar-refractivity contribution in [1.29, 1.82) is 0 Å². The highest BCUT2D eigenvalue weighted by Crippen LogP contribution is 2.13. The van der Waals surface area contributed by atoms with Crippen LogP contribution in [0.1, 0.15) is 32.3 Å². The standard InChI is InChI=1S/C19H32N2O/c1-4-8-17(2)22-19(15-18-9-6-5-7-10-18)16-21-13-11-20(3)12-14-21/h5-7,9-10,17,19H,4,8,11-16H2,1-3H3. The first-order chi connectivity index (χ1) is 10.7. The summed E-state index contributed by atoms with van der Waals surface area (Å²) in [6.07, 6.45) is 4.00. The Balaban J connectivity index is 1.91. The molecule has 2 rings (SSSR count). The zero-order valence-corrected chi connectivity index (χ0v) is 14.5. The number of rotatable bonds is 8. The SMILES string of the molecule is CCCC(C)OC(Cc1ccccc1)CN1CCN(C)CC1. The van der Waals surface area contributed by atoms with Gasteiger partial charge in [0.1, 0.15) is 0 Å². The van der Waals surface area contributed by atoms with Gasteiger partial charge in [-0.25, -0.2) is 0 Å². The summed E-state index contributed by atoms with van der Waals surface area (Å²) in [4.78, 5) is 4.97. The van der Waals surface area contributed by atoms with Gasteiger partial charge in [0.2, 0.25) is 0 Å². The van der Waals surface area contributed by atoms with Crippen LogP contribution < -0.4 is 0 Å². The summed E-state index contributed by atoms with van der Waals surface area (Å²) >= 11 is 0. The number of benzene rings is 1. The third kappa shape index (κ3) is 6.07. The van der Waals surface area contributed by atoms with Crippen LogP contribution in [0.25, 0.3) is 0 Å². The minimum absolute atomic E-state index is 0.298. The smallest absolute Gasteiger partial charge is 0.0745 e. The molecule has 0 N–H and O–H groups in total. The van der Waals surface area contributed by atoms with Crippen LogP contribution in [0.2, 0.25) is 0 Å². The lowest BCUT2D eigenvalue weighted by Crippen LogP contribution is -2.48. The topological polar surface area (TPSA) is 15.7 Å². The maximum absolute atomic E-state index is 6.37. The molecule has 1 aliphatic rings. The van der Waals surface area contributed by atoms with Gasteiger partial charge in [0.05, 0.1) is 12.2 Å². The van der Waals surface area contributed by atoms with E-state index in [0.717, 1.165) is 32.5 Å². The summed E-state index contributed by atoms with van der Waals surface area (Å²) in [6.45, 7) is 10.2. The fraction of sp³-hybridized carbons (Fsp3) is 0.684. The van der Waals surface area contributed by atoms with Crippen molar-refractivity contribution in [1.82, 2.24) is 9.80 Å². The Morgan fingerprint density at radius 3 is 2.41 bits per heavy atom. The molecule has 22 heavy (non-hydrogen) atoms. The molecule has 0 aromatic heterocycles. The predicted octanol–water partition coefficient (Wildman–Crippen LogP) is 3.05. The van der Waals surface area contributed by atoms with Gasteiger partial charge in [-0.1, -0.05) is 43.7 Å². The highest BCUT2D eigenvalue weighted by molar-refractivity contribution is 5.15. The van der Waals surface area contributed by atoms with E-state index in [0.29, 0.717) is 12.2 Å². The van der Waals surface area contributed by atoms with Crippen LogP contribution in [0, 0.1) is 0 Å². The summed E-state index contributed by atoms with van der Waals surface area (Å²) in [6, 6.07) is 10.8. The zero-order chi connectivity index (χ0) is 15.8. The van der Waals surface area contributed by atoms with E-state index in [1.54, 1.807) is 0 Å². The first kappa shape index (κ1) is 17.5. The van der Waals surface area contributed by atoms with Crippen molar-refractivity contribution in [3.8, 4) is 0 Å². The first-order valence-corrected chi connectivity index (χ1v) is 8.77. The predicted molar refractivity (Wildman–Crippen MR) is 93.3 cm³/mol. The summed E-state index contributed by atoms with van der Waals surface area (Å²) in [5.74, 6) is 0. The Kier molecular flexibility index (Phi) is 7.37. The molecule has 3 nitrogen and oxygen atoms in total. The highest BCUT2D eigenvalue weighted by atomic mass is 16.5. The van der Waals surface area contributed by atoms with Gasteiger partial charge in [-0.15, -0.1) is 0 Å². The van der Waals surface area contributed by atoms with Crippen molar-refractivity contribution in [3.05, 3.63) is 35.9 Å². The van der Waals surface area contributed by atoms with Crippen LogP contribution >= 0.6 is 0 Å². The van der Waals surface area contributed by atoms with E-state index in [-0.39, 0.29) is 0 Å². The second-order valence-corrected chi connectivity index (χ2v) is 6.65. The molecule has 0 saturated carbocycles. The molecule has 1 fully saturated rings. The minimum atomic E-state index is 0.298. The largest absolute Gasteiger partial charge is 0.374 e. The first-order valence-electron chi connectivity index (χ1n) is 8.77. The highest BCUT2D eigenvalue weighted by Gasteiger charge is 2.20. The molecule has 0 spiro atoms. The second-order valence-electron chi connectivity index (χ2n) is 6.65. The van der Waals surface area contributed by atoms with Gasteiger partial charge in [-0.3, -0.25) is 4.90 Å². The number of hydrogen-bond acceptors (Lipinski definition) is 3. The lowest BCUT2D eigenvalue weighted by Gasteiger charge is -2.35. The molecule has 1 aromatic carbocycles. The van der Waals surface area contributed by atoms with Crippen LogP contribution in [0.5, 0.6) is 0 Å². The van der Waals surface area contributed by atoms with E-state index in [4.69, 9.17) is 4.74 Å². The Hall–Kier alpha value is -0.900. The van der Waals surface area contributed by atoms with E-state index >= 15 is 0 Å². The number of piperazine rings is 1. The number of likely N-dealkylation sites (N-methyl/N-ethyl adjacent to an activating group) is 1. The molecule has 2 atom stereocenters. The molecular formula is C19H32N2O. The quantitative estimate of drug-likeness (QED) is 0.734. The molecule has 2 unspecified atom stereocenters. The van der Waals surface area contributed by atoms with Crippen molar-refractivity contribution >= 4 is 0 Å². The van der Waals surface area contributed by atoms with Crippen LogP contribution in [0.4, 0.5) is 0 Å². The monoisotopic (exact) mass is 304 g/mol. The molecule has 0 radical (unpaired) electrons. The molecule has 0 amide bonds. The van der Waals surface area contributed by atoms with E-state index in [2.05, 4.69) is 61.0 Å². The van der Waals surface area contributed by atoms with Crippen molar-refractivity contribution < 1.29 is 4.74 Å². The molecule has 124 valence electrons. The normalized spacial score (nSPS) is 20.0. The Labute approximate surface area is 136 Å². The third-order valence-corrected chi connectivity index (χ3v) is 4.48. The van der Waals surface area contributed by atoms with Gasteiger partial charge in [-0.2, -0.15) is 0 Å². The van der Waals surface area contributed by atoms with Gasteiger partial charge < -0.3 is 9.64 Å². The minimum Gasteiger partial charge on any atom is -0.374 e. The molecule has 0 bridgehead atoms. The van der Waals surface area contributed by atoms with E-state index in [1.807, 2.05) is 0 Å². The second kappa shape index (κ2) is 9.29. The number of ether oxygens (including phenoxy) is 1. The van der Waals surface area contributed by atoms with Gasteiger partial charge in [0.15, 0.2) is 0 Å². The Bertz CT molecular complexity index is 401. The fourth-order valence-corrected chi connectivity index (χ4v) is 3.15. The lowest BCUT2D eigenvalue weighted by molar-refractivity contribution is -0.0287. The van der Waals surface area contributed by atoms with Crippen LogP contribution in [0.15, 0.2) is 30.3 Å². The van der Waals surface area contributed by atoms with E-state index < -0.39 is 0 Å². The van der Waals surface area contributed by atoms with Crippen molar-refractivity contribution in [3.63, 3.8) is 0 Å². The van der Waals surface area contributed by atoms with Crippen LogP contribution in [0.3, 0.4) is 0 Å². The lowest BCUT2D eigenvalue weighted by atomic mass is 10.1. The molecule has 1 aromatic rings. The summed E-state index contributed by atoms with van der Waals surface area (Å²) in [7, 11) is 2.21.